The molecule has 3 heteroatoms. The first-order valence-electron chi connectivity index (χ1n) is 5.05. The largest absolute Gasteiger partial charge is 0.465 e. The number of carbonyl (C=O) groups excluding carboxylic acids is 1. The third kappa shape index (κ3) is 2.99. The van der Waals surface area contributed by atoms with Crippen LogP contribution >= 0.6 is 0 Å². The summed E-state index contributed by atoms with van der Waals surface area (Å²) in [6, 6.07) is 0. The second-order valence-electron chi connectivity index (χ2n) is 3.74. The number of unbranched alkanes of at least 4 members (excludes halogenated alkanes) is 1. The van der Waals surface area contributed by atoms with Gasteiger partial charge in [-0.1, -0.05) is 13.3 Å². The number of ether oxygens (including phenoxy) is 1. The van der Waals surface area contributed by atoms with Crippen molar-refractivity contribution in [1.29, 1.82) is 0 Å². The Hall–Kier alpha value is -0.570. The van der Waals surface area contributed by atoms with E-state index in [1.165, 1.54) is 0 Å². The zero-order valence-electron chi connectivity index (χ0n) is 8.16. The molecule has 0 atom stereocenters. The van der Waals surface area contributed by atoms with Crippen LogP contribution in [0, 0.1) is 11.8 Å². The van der Waals surface area contributed by atoms with Gasteiger partial charge in [0.1, 0.15) is 0 Å². The minimum Gasteiger partial charge on any atom is -0.465 e. The van der Waals surface area contributed by atoms with Gasteiger partial charge in [0.15, 0.2) is 0 Å². The molecule has 0 aromatic carbocycles. The maximum Gasteiger partial charge on any atom is 0.308 e. The van der Waals surface area contributed by atoms with Crippen LogP contribution in [0.5, 0.6) is 0 Å². The van der Waals surface area contributed by atoms with Crippen molar-refractivity contribution in [1.82, 2.24) is 0 Å². The Balaban J connectivity index is 2.05. The van der Waals surface area contributed by atoms with Gasteiger partial charge < -0.3 is 9.84 Å². The fourth-order valence-corrected chi connectivity index (χ4v) is 1.51. The topological polar surface area (TPSA) is 46.5 Å². The maximum atomic E-state index is 11.3. The molecule has 1 saturated carbocycles. The molecular formula is C10H18O3. The molecule has 13 heavy (non-hydrogen) atoms. The molecule has 1 aliphatic rings. The van der Waals surface area contributed by atoms with Crippen molar-refractivity contribution in [2.75, 3.05) is 13.2 Å². The fraction of sp³-hybridized carbons (Fsp3) is 0.900. The molecule has 0 bridgehead atoms. The summed E-state index contributed by atoms with van der Waals surface area (Å²) >= 11 is 0. The smallest absolute Gasteiger partial charge is 0.308 e. The van der Waals surface area contributed by atoms with Gasteiger partial charge in [0, 0.05) is 6.61 Å². The molecule has 0 aromatic rings. The maximum absolute atomic E-state index is 11.3. The molecule has 76 valence electrons. The van der Waals surface area contributed by atoms with Crippen molar-refractivity contribution >= 4 is 5.97 Å². The number of aliphatic hydroxyl groups excluding tert-OH is 1. The molecule has 0 radical (unpaired) electrons. The summed E-state index contributed by atoms with van der Waals surface area (Å²) in [6.07, 6.45) is 3.61. The highest BCUT2D eigenvalue weighted by Gasteiger charge is 2.34. The highest BCUT2D eigenvalue weighted by Crippen LogP contribution is 2.33. The Morgan fingerprint density at radius 2 is 2.23 bits per heavy atom. The summed E-state index contributed by atoms with van der Waals surface area (Å²) in [4.78, 5) is 11.3. The Morgan fingerprint density at radius 3 is 2.77 bits per heavy atom. The molecule has 0 amide bonds. The van der Waals surface area contributed by atoms with E-state index in [1.807, 2.05) is 0 Å². The Labute approximate surface area is 79.1 Å². The van der Waals surface area contributed by atoms with Gasteiger partial charge >= 0.3 is 5.97 Å². The van der Waals surface area contributed by atoms with E-state index in [0.29, 0.717) is 12.5 Å². The number of aliphatic hydroxyl groups is 1. The first-order chi connectivity index (χ1) is 6.27. The average molecular weight is 186 g/mol. The fourth-order valence-electron chi connectivity index (χ4n) is 1.51. The number of hydrogen-bond acceptors (Lipinski definition) is 3. The number of rotatable bonds is 5. The van der Waals surface area contributed by atoms with Crippen LogP contribution < -0.4 is 0 Å². The van der Waals surface area contributed by atoms with E-state index in [4.69, 9.17) is 9.84 Å². The van der Waals surface area contributed by atoms with Crippen LogP contribution in [0.4, 0.5) is 0 Å². The summed E-state index contributed by atoms with van der Waals surface area (Å²) in [5, 5.41) is 8.75. The molecule has 0 aromatic heterocycles. The minimum absolute atomic E-state index is 0.0639. The van der Waals surface area contributed by atoms with Crippen LogP contribution in [0.2, 0.25) is 0 Å². The van der Waals surface area contributed by atoms with Gasteiger partial charge in [0.05, 0.1) is 12.5 Å². The summed E-state index contributed by atoms with van der Waals surface area (Å²) in [5.74, 6) is 0.330. The number of esters is 1. The van der Waals surface area contributed by atoms with E-state index in [0.717, 1.165) is 25.7 Å². The molecule has 0 saturated heterocycles. The summed E-state index contributed by atoms with van der Waals surface area (Å²) in [7, 11) is 0. The van der Waals surface area contributed by atoms with Crippen LogP contribution in [-0.2, 0) is 9.53 Å². The molecule has 0 heterocycles. The van der Waals surface area contributed by atoms with Crippen LogP contribution in [0.25, 0.3) is 0 Å². The van der Waals surface area contributed by atoms with E-state index >= 15 is 0 Å². The van der Waals surface area contributed by atoms with Gasteiger partial charge in [-0.25, -0.2) is 0 Å². The molecular weight excluding hydrogens is 168 g/mol. The van der Waals surface area contributed by atoms with Crippen LogP contribution in [-0.4, -0.2) is 24.3 Å². The number of carbonyl (C=O) groups is 1. The SMILES string of the molecule is CCCCOC(=O)C1CC(CO)C1. The van der Waals surface area contributed by atoms with Crippen molar-refractivity contribution in [2.24, 2.45) is 11.8 Å². The van der Waals surface area contributed by atoms with E-state index in [1.54, 1.807) is 0 Å². The van der Waals surface area contributed by atoms with Crippen molar-refractivity contribution in [3.63, 3.8) is 0 Å². The molecule has 0 spiro atoms. The van der Waals surface area contributed by atoms with E-state index in [9.17, 15) is 4.79 Å². The lowest BCUT2D eigenvalue weighted by Crippen LogP contribution is -2.33. The highest BCUT2D eigenvalue weighted by molar-refractivity contribution is 5.73. The average Bonchev–Trinajstić information content (AvgIpc) is 2.03. The van der Waals surface area contributed by atoms with Gasteiger partial charge in [-0.3, -0.25) is 4.79 Å². The van der Waals surface area contributed by atoms with Gasteiger partial charge in [0.2, 0.25) is 0 Å². The quantitative estimate of drug-likeness (QED) is 0.520. The van der Waals surface area contributed by atoms with Gasteiger partial charge in [0.25, 0.3) is 0 Å². The second kappa shape index (κ2) is 5.22. The first-order valence-corrected chi connectivity index (χ1v) is 5.05. The summed E-state index contributed by atoms with van der Waals surface area (Å²) < 4.78 is 5.06. The van der Waals surface area contributed by atoms with Crippen LogP contribution in [0.15, 0.2) is 0 Å². The Bertz CT molecular complexity index is 162. The van der Waals surface area contributed by atoms with Crippen molar-refractivity contribution < 1.29 is 14.6 Å². The molecule has 3 nitrogen and oxygen atoms in total. The van der Waals surface area contributed by atoms with E-state index in [2.05, 4.69) is 6.92 Å². The predicted octanol–water partition coefficient (Wildman–Crippen LogP) is 1.35. The normalized spacial score (nSPS) is 26.6. The molecule has 1 rings (SSSR count). The van der Waals surface area contributed by atoms with E-state index < -0.39 is 0 Å². The van der Waals surface area contributed by atoms with Crippen LogP contribution in [0.1, 0.15) is 32.6 Å². The minimum atomic E-state index is -0.0712. The monoisotopic (exact) mass is 186 g/mol. The summed E-state index contributed by atoms with van der Waals surface area (Å²) in [5.41, 5.74) is 0. The molecule has 0 unspecified atom stereocenters. The van der Waals surface area contributed by atoms with Gasteiger partial charge in [-0.15, -0.1) is 0 Å². The van der Waals surface area contributed by atoms with Crippen LogP contribution in [0.3, 0.4) is 0 Å². The van der Waals surface area contributed by atoms with Crippen molar-refractivity contribution in [3.8, 4) is 0 Å². The van der Waals surface area contributed by atoms with Gasteiger partial charge in [-0.2, -0.15) is 0 Å². The third-order valence-corrected chi connectivity index (χ3v) is 2.57. The second-order valence-corrected chi connectivity index (χ2v) is 3.74. The zero-order chi connectivity index (χ0) is 9.68. The van der Waals surface area contributed by atoms with Crippen molar-refractivity contribution in [2.45, 2.75) is 32.6 Å². The first kappa shape index (κ1) is 10.5. The van der Waals surface area contributed by atoms with Gasteiger partial charge in [-0.05, 0) is 25.2 Å². The molecule has 1 fully saturated rings. The number of hydrogen-bond donors (Lipinski definition) is 1. The Kier molecular flexibility index (Phi) is 4.22. The molecule has 1 N–H and O–H groups in total. The standard InChI is InChI=1S/C10H18O3/c1-2-3-4-13-10(12)9-5-8(6-9)7-11/h8-9,11H,2-7H2,1H3. The molecule has 0 aliphatic heterocycles. The lowest BCUT2D eigenvalue weighted by Gasteiger charge is -2.31. The molecule has 1 aliphatic carbocycles. The Morgan fingerprint density at radius 1 is 1.54 bits per heavy atom. The lowest BCUT2D eigenvalue weighted by atomic mass is 9.75. The zero-order valence-corrected chi connectivity index (χ0v) is 8.16. The van der Waals surface area contributed by atoms with Crippen molar-refractivity contribution in [3.05, 3.63) is 0 Å². The highest BCUT2D eigenvalue weighted by atomic mass is 16.5. The third-order valence-electron chi connectivity index (χ3n) is 2.57. The van der Waals surface area contributed by atoms with E-state index in [-0.39, 0.29) is 18.5 Å². The lowest BCUT2D eigenvalue weighted by molar-refractivity contribution is -0.154. The predicted molar refractivity (Wildman–Crippen MR) is 49.2 cm³/mol. The summed E-state index contributed by atoms with van der Waals surface area (Å²) in [6.45, 7) is 2.83.